The maximum Gasteiger partial charge on any atom is 0.243 e. The Hall–Kier alpha value is -2.50. The minimum atomic E-state index is -0.310. The Morgan fingerprint density at radius 1 is 1.18 bits per heavy atom. The lowest BCUT2D eigenvalue weighted by atomic mass is 9.99. The summed E-state index contributed by atoms with van der Waals surface area (Å²) in [5.41, 5.74) is 2.72. The monoisotopic (exact) mass is 381 g/mol. The van der Waals surface area contributed by atoms with Gasteiger partial charge in [0.15, 0.2) is 5.82 Å². The number of nitrogens with zero attached hydrogens (tertiary/aromatic N) is 4. The van der Waals surface area contributed by atoms with Crippen molar-refractivity contribution in [2.45, 2.75) is 65.5 Å². The van der Waals surface area contributed by atoms with E-state index in [-0.39, 0.29) is 23.4 Å². The van der Waals surface area contributed by atoms with Gasteiger partial charge in [0.2, 0.25) is 5.91 Å². The van der Waals surface area contributed by atoms with Crippen LogP contribution in [0.15, 0.2) is 24.4 Å². The van der Waals surface area contributed by atoms with Gasteiger partial charge >= 0.3 is 0 Å². The van der Waals surface area contributed by atoms with Crippen molar-refractivity contribution in [2.24, 2.45) is 5.92 Å². The summed E-state index contributed by atoms with van der Waals surface area (Å²) in [5, 5.41) is 3.13. The molecular weight excluding hydrogens is 350 g/mol. The first-order valence-electron chi connectivity index (χ1n) is 10.0. The van der Waals surface area contributed by atoms with Crippen LogP contribution < -0.4 is 10.2 Å². The van der Waals surface area contributed by atoms with Crippen LogP contribution in [0.1, 0.15) is 52.3 Å². The van der Waals surface area contributed by atoms with E-state index in [2.05, 4.69) is 24.1 Å². The molecule has 0 radical (unpaired) electrons. The van der Waals surface area contributed by atoms with E-state index in [1.807, 2.05) is 50.9 Å². The fraction of sp³-hybridized carbons (Fsp3) is 0.545. The van der Waals surface area contributed by atoms with Gasteiger partial charge in [-0.2, -0.15) is 0 Å². The summed E-state index contributed by atoms with van der Waals surface area (Å²) < 4.78 is 0. The molecule has 28 heavy (non-hydrogen) atoms. The lowest BCUT2D eigenvalue weighted by Gasteiger charge is -2.34. The molecule has 0 aromatic carbocycles. The van der Waals surface area contributed by atoms with Crippen molar-refractivity contribution in [3.8, 4) is 11.5 Å². The molecule has 0 aliphatic heterocycles. The average molecular weight is 382 g/mol. The molecule has 3 rings (SSSR count). The lowest BCUT2D eigenvalue weighted by molar-refractivity contribution is -0.124. The number of anilines is 1. The van der Waals surface area contributed by atoms with Gasteiger partial charge in [0.05, 0.1) is 0 Å². The van der Waals surface area contributed by atoms with Crippen molar-refractivity contribution in [2.75, 3.05) is 11.9 Å². The normalized spacial score (nSPS) is 14.7. The maximum atomic E-state index is 13.1. The third kappa shape index (κ3) is 4.32. The predicted octanol–water partition coefficient (Wildman–Crippen LogP) is 3.40. The van der Waals surface area contributed by atoms with Crippen molar-refractivity contribution in [3.63, 3.8) is 0 Å². The Morgan fingerprint density at radius 2 is 1.93 bits per heavy atom. The standard InChI is InChI=1S/C22H31N5O/c1-14(2)18(21(28)26-22(3,4)5)27(6)20-15-10-9-12-16(15)24-19(25-20)17-11-7-8-13-23-17/h7-8,11,13-14,18H,9-10,12H2,1-6H3,(H,26,28)/t18-/m0/s1. The SMILES string of the molecule is CC(C)[C@@H](C(=O)NC(C)(C)C)N(C)c1nc(-c2ccccn2)nc2c1CCC2. The number of pyridine rings is 1. The van der Waals surface area contributed by atoms with Gasteiger partial charge in [-0.15, -0.1) is 0 Å². The highest BCUT2D eigenvalue weighted by molar-refractivity contribution is 5.86. The molecule has 0 bridgehead atoms. The van der Waals surface area contributed by atoms with E-state index in [1.54, 1.807) is 6.20 Å². The molecule has 6 heteroatoms. The number of hydrogen-bond donors (Lipinski definition) is 1. The van der Waals surface area contributed by atoms with Crippen LogP contribution in [0.25, 0.3) is 11.5 Å². The first-order valence-corrected chi connectivity index (χ1v) is 10.0. The Balaban J connectivity index is 2.03. The summed E-state index contributed by atoms with van der Waals surface area (Å²) in [6, 6.07) is 5.44. The average Bonchev–Trinajstić information content (AvgIpc) is 3.08. The highest BCUT2D eigenvalue weighted by atomic mass is 16.2. The molecule has 0 unspecified atom stereocenters. The van der Waals surface area contributed by atoms with E-state index in [1.165, 1.54) is 0 Å². The molecule has 6 nitrogen and oxygen atoms in total. The number of hydrogen-bond acceptors (Lipinski definition) is 5. The van der Waals surface area contributed by atoms with Crippen LogP contribution in [0.2, 0.25) is 0 Å². The van der Waals surface area contributed by atoms with E-state index < -0.39 is 0 Å². The van der Waals surface area contributed by atoms with Crippen LogP contribution in [0, 0.1) is 5.92 Å². The third-order valence-electron chi connectivity index (χ3n) is 4.95. The summed E-state index contributed by atoms with van der Waals surface area (Å²) in [6.45, 7) is 10.2. The van der Waals surface area contributed by atoms with Crippen molar-refractivity contribution >= 4 is 11.7 Å². The molecule has 1 N–H and O–H groups in total. The van der Waals surface area contributed by atoms with Crippen molar-refractivity contribution in [3.05, 3.63) is 35.7 Å². The topological polar surface area (TPSA) is 71.0 Å². The minimum Gasteiger partial charge on any atom is -0.350 e. The number of rotatable bonds is 5. The molecule has 2 aromatic rings. The summed E-state index contributed by atoms with van der Waals surface area (Å²) in [6.07, 6.45) is 4.71. The third-order valence-corrected chi connectivity index (χ3v) is 4.95. The van der Waals surface area contributed by atoms with Crippen LogP contribution in [-0.2, 0) is 17.6 Å². The molecule has 0 saturated carbocycles. The number of likely N-dealkylation sites (N-methyl/N-ethyl adjacent to an activating group) is 1. The molecule has 2 heterocycles. The van der Waals surface area contributed by atoms with E-state index in [0.717, 1.165) is 42.0 Å². The number of aryl methyl sites for hydroxylation is 1. The first-order chi connectivity index (χ1) is 13.2. The van der Waals surface area contributed by atoms with Gasteiger partial charge in [0.1, 0.15) is 17.6 Å². The largest absolute Gasteiger partial charge is 0.350 e. The van der Waals surface area contributed by atoms with Gasteiger partial charge in [-0.05, 0) is 58.1 Å². The number of amides is 1. The zero-order valence-electron chi connectivity index (χ0n) is 17.8. The minimum absolute atomic E-state index is 0.0229. The molecule has 0 spiro atoms. The number of carbonyl (C=O) groups is 1. The van der Waals surface area contributed by atoms with E-state index >= 15 is 0 Å². The second kappa shape index (κ2) is 7.86. The number of nitrogens with one attached hydrogen (secondary N) is 1. The predicted molar refractivity (Wildman–Crippen MR) is 112 cm³/mol. The molecule has 1 amide bonds. The van der Waals surface area contributed by atoms with Gasteiger partial charge in [-0.1, -0.05) is 19.9 Å². The van der Waals surface area contributed by atoms with Crippen LogP contribution in [0.3, 0.4) is 0 Å². The van der Waals surface area contributed by atoms with Crippen LogP contribution in [-0.4, -0.2) is 39.5 Å². The Kier molecular flexibility index (Phi) is 5.68. The molecule has 0 fully saturated rings. The van der Waals surface area contributed by atoms with Crippen LogP contribution in [0.5, 0.6) is 0 Å². The maximum absolute atomic E-state index is 13.1. The van der Waals surface area contributed by atoms with E-state index in [0.29, 0.717) is 5.82 Å². The highest BCUT2D eigenvalue weighted by Crippen LogP contribution is 2.32. The quantitative estimate of drug-likeness (QED) is 0.859. The summed E-state index contributed by atoms with van der Waals surface area (Å²) in [5.74, 6) is 1.64. The smallest absolute Gasteiger partial charge is 0.243 e. The second-order valence-corrected chi connectivity index (χ2v) is 8.90. The first kappa shape index (κ1) is 20.2. The highest BCUT2D eigenvalue weighted by Gasteiger charge is 2.33. The van der Waals surface area contributed by atoms with Gasteiger partial charge < -0.3 is 10.2 Å². The van der Waals surface area contributed by atoms with Gasteiger partial charge in [-0.3, -0.25) is 9.78 Å². The molecule has 1 aliphatic rings. The summed E-state index contributed by atoms with van der Waals surface area (Å²) in [7, 11) is 1.97. The van der Waals surface area contributed by atoms with Gasteiger partial charge in [0, 0.05) is 30.0 Å². The number of carbonyl (C=O) groups excluding carboxylic acids is 1. The van der Waals surface area contributed by atoms with Gasteiger partial charge in [-0.25, -0.2) is 9.97 Å². The van der Waals surface area contributed by atoms with E-state index in [9.17, 15) is 4.79 Å². The Labute approximate surface area is 167 Å². The second-order valence-electron chi connectivity index (χ2n) is 8.90. The molecule has 1 atom stereocenters. The van der Waals surface area contributed by atoms with Crippen molar-refractivity contribution < 1.29 is 4.79 Å². The Bertz CT molecular complexity index is 842. The van der Waals surface area contributed by atoms with E-state index in [4.69, 9.17) is 9.97 Å². The molecule has 1 aliphatic carbocycles. The van der Waals surface area contributed by atoms with Crippen molar-refractivity contribution in [1.82, 2.24) is 20.3 Å². The fourth-order valence-electron chi connectivity index (χ4n) is 3.82. The van der Waals surface area contributed by atoms with Crippen molar-refractivity contribution in [1.29, 1.82) is 0 Å². The molecule has 150 valence electrons. The van der Waals surface area contributed by atoms with Crippen LogP contribution in [0.4, 0.5) is 5.82 Å². The van der Waals surface area contributed by atoms with Crippen LogP contribution >= 0.6 is 0 Å². The fourth-order valence-corrected chi connectivity index (χ4v) is 3.82. The number of aromatic nitrogens is 3. The molecule has 0 saturated heterocycles. The molecule has 2 aromatic heterocycles. The summed E-state index contributed by atoms with van der Waals surface area (Å²) in [4.78, 5) is 29.2. The molecular formula is C22H31N5O. The zero-order chi connectivity index (χ0) is 20.5. The Morgan fingerprint density at radius 3 is 2.54 bits per heavy atom. The zero-order valence-corrected chi connectivity index (χ0v) is 17.8. The number of fused-ring (bicyclic) bond motifs is 1. The summed E-state index contributed by atoms with van der Waals surface area (Å²) >= 11 is 0. The lowest BCUT2D eigenvalue weighted by Crippen LogP contribution is -2.53. The van der Waals surface area contributed by atoms with Gasteiger partial charge in [0.25, 0.3) is 0 Å².